The molecule has 1 heterocycles. The lowest BCUT2D eigenvalue weighted by atomic mass is 10.2. The van der Waals surface area contributed by atoms with Crippen molar-refractivity contribution >= 4 is 17.3 Å². The Labute approximate surface area is 116 Å². The summed E-state index contributed by atoms with van der Waals surface area (Å²) in [6.45, 7) is 5.54. The maximum absolute atomic E-state index is 13.3. The lowest BCUT2D eigenvalue weighted by Gasteiger charge is -2.10. The second-order valence-corrected chi connectivity index (χ2v) is 5.14. The van der Waals surface area contributed by atoms with E-state index in [0.29, 0.717) is 18.2 Å². The van der Waals surface area contributed by atoms with Crippen LogP contribution in [0, 0.1) is 11.7 Å². The Hall–Kier alpha value is -1.62. The molecule has 102 valence electrons. The Balaban J connectivity index is 2.02. The average Bonchev–Trinajstić information content (AvgIpc) is 2.77. The van der Waals surface area contributed by atoms with Gasteiger partial charge in [-0.2, -0.15) is 5.10 Å². The van der Waals surface area contributed by atoms with Crippen LogP contribution in [0.2, 0.25) is 5.02 Å². The third kappa shape index (κ3) is 3.67. The number of benzene rings is 1. The first kappa shape index (κ1) is 13.8. The number of anilines is 1. The number of hydrogen-bond donors (Lipinski definition) is 1. The molecule has 0 aliphatic carbocycles. The van der Waals surface area contributed by atoms with Gasteiger partial charge in [0.2, 0.25) is 0 Å². The van der Waals surface area contributed by atoms with Crippen molar-refractivity contribution in [2.45, 2.75) is 26.9 Å². The van der Waals surface area contributed by atoms with Crippen LogP contribution in [0.5, 0.6) is 0 Å². The molecule has 19 heavy (non-hydrogen) atoms. The highest BCUT2D eigenvalue weighted by atomic mass is 35.5. The molecule has 0 saturated heterocycles. The Morgan fingerprint density at radius 3 is 2.89 bits per heavy atom. The lowest BCUT2D eigenvalue weighted by Crippen LogP contribution is -2.13. The van der Waals surface area contributed by atoms with E-state index in [1.807, 2.05) is 4.68 Å². The van der Waals surface area contributed by atoms with Crippen molar-refractivity contribution in [3.63, 3.8) is 0 Å². The van der Waals surface area contributed by atoms with Crippen molar-refractivity contribution in [1.82, 2.24) is 14.8 Å². The predicted molar refractivity (Wildman–Crippen MR) is 73.6 cm³/mol. The van der Waals surface area contributed by atoms with Crippen LogP contribution in [0.1, 0.15) is 19.7 Å². The number of aromatic nitrogens is 3. The number of rotatable bonds is 5. The van der Waals surface area contributed by atoms with E-state index in [2.05, 4.69) is 29.2 Å². The van der Waals surface area contributed by atoms with E-state index in [9.17, 15) is 4.39 Å². The number of hydrogen-bond acceptors (Lipinski definition) is 3. The summed E-state index contributed by atoms with van der Waals surface area (Å²) in [5.41, 5.74) is 0.668. The summed E-state index contributed by atoms with van der Waals surface area (Å²) in [6, 6.07) is 4.62. The Kier molecular flexibility index (Phi) is 4.37. The van der Waals surface area contributed by atoms with E-state index in [0.717, 1.165) is 12.4 Å². The van der Waals surface area contributed by atoms with Crippen LogP contribution in [0.15, 0.2) is 24.5 Å². The SMILES string of the molecule is CC(C)Cn1ncnc1CNc1ccc(Cl)c(F)c1. The number of nitrogens with zero attached hydrogens (tertiary/aromatic N) is 3. The molecular weight excluding hydrogens is 267 g/mol. The van der Waals surface area contributed by atoms with Gasteiger partial charge in [0.1, 0.15) is 18.0 Å². The van der Waals surface area contributed by atoms with E-state index in [1.54, 1.807) is 6.07 Å². The van der Waals surface area contributed by atoms with Crippen LogP contribution in [-0.2, 0) is 13.1 Å². The van der Waals surface area contributed by atoms with Crippen molar-refractivity contribution in [2.75, 3.05) is 5.32 Å². The summed E-state index contributed by atoms with van der Waals surface area (Å²) < 4.78 is 15.1. The highest BCUT2D eigenvalue weighted by Gasteiger charge is 2.06. The first-order chi connectivity index (χ1) is 9.06. The highest BCUT2D eigenvalue weighted by Crippen LogP contribution is 2.19. The third-order valence-corrected chi connectivity index (χ3v) is 2.91. The molecule has 0 unspecified atom stereocenters. The first-order valence-corrected chi connectivity index (χ1v) is 6.49. The molecule has 0 saturated carbocycles. The summed E-state index contributed by atoms with van der Waals surface area (Å²) in [5, 5.41) is 7.40. The molecule has 0 bridgehead atoms. The van der Waals surface area contributed by atoms with Crippen molar-refractivity contribution in [3.8, 4) is 0 Å². The second-order valence-electron chi connectivity index (χ2n) is 4.73. The number of halogens is 2. The minimum atomic E-state index is -0.435. The first-order valence-electron chi connectivity index (χ1n) is 6.12. The molecule has 2 aromatic rings. The van der Waals surface area contributed by atoms with Crippen LogP contribution < -0.4 is 5.32 Å². The van der Waals surface area contributed by atoms with E-state index < -0.39 is 5.82 Å². The maximum atomic E-state index is 13.3. The molecule has 0 atom stereocenters. The maximum Gasteiger partial charge on any atom is 0.146 e. The van der Waals surface area contributed by atoms with E-state index >= 15 is 0 Å². The monoisotopic (exact) mass is 282 g/mol. The summed E-state index contributed by atoms with van der Waals surface area (Å²) in [7, 11) is 0. The number of nitrogens with one attached hydrogen (secondary N) is 1. The molecular formula is C13H16ClFN4. The molecule has 0 amide bonds. The van der Waals surface area contributed by atoms with E-state index in [1.165, 1.54) is 18.5 Å². The van der Waals surface area contributed by atoms with Crippen LogP contribution in [0.3, 0.4) is 0 Å². The van der Waals surface area contributed by atoms with Gasteiger partial charge in [-0.1, -0.05) is 25.4 Å². The minimum Gasteiger partial charge on any atom is -0.378 e. The van der Waals surface area contributed by atoms with Gasteiger partial charge >= 0.3 is 0 Å². The van der Waals surface area contributed by atoms with Crippen LogP contribution in [-0.4, -0.2) is 14.8 Å². The zero-order valence-electron chi connectivity index (χ0n) is 10.9. The van der Waals surface area contributed by atoms with Gasteiger partial charge in [-0.15, -0.1) is 0 Å². The Bertz CT molecular complexity index is 553. The topological polar surface area (TPSA) is 42.7 Å². The molecule has 1 aromatic heterocycles. The largest absolute Gasteiger partial charge is 0.378 e. The van der Waals surface area contributed by atoms with Crippen molar-refractivity contribution in [2.24, 2.45) is 5.92 Å². The van der Waals surface area contributed by atoms with Gasteiger partial charge in [-0.3, -0.25) is 0 Å². The zero-order chi connectivity index (χ0) is 13.8. The van der Waals surface area contributed by atoms with Gasteiger partial charge in [-0.05, 0) is 24.1 Å². The highest BCUT2D eigenvalue weighted by molar-refractivity contribution is 6.30. The standard InChI is InChI=1S/C13H16ClFN4/c1-9(2)7-19-13(17-8-18-19)6-16-10-3-4-11(14)12(15)5-10/h3-5,8-9,16H,6-7H2,1-2H3. The van der Waals surface area contributed by atoms with Gasteiger partial charge in [0.15, 0.2) is 0 Å². The average molecular weight is 283 g/mol. The zero-order valence-corrected chi connectivity index (χ0v) is 11.7. The summed E-state index contributed by atoms with van der Waals surface area (Å²) >= 11 is 5.63. The molecule has 0 spiro atoms. The molecule has 0 fully saturated rings. The fraction of sp³-hybridized carbons (Fsp3) is 0.385. The normalized spacial score (nSPS) is 11.0. The van der Waals surface area contributed by atoms with Crippen molar-refractivity contribution in [1.29, 1.82) is 0 Å². The molecule has 2 rings (SSSR count). The fourth-order valence-corrected chi connectivity index (χ4v) is 1.83. The lowest BCUT2D eigenvalue weighted by molar-refractivity contribution is 0.468. The van der Waals surface area contributed by atoms with E-state index in [-0.39, 0.29) is 5.02 Å². The fourth-order valence-electron chi connectivity index (χ4n) is 1.71. The van der Waals surface area contributed by atoms with E-state index in [4.69, 9.17) is 11.6 Å². The van der Waals surface area contributed by atoms with Gasteiger partial charge in [0, 0.05) is 12.2 Å². The minimum absolute atomic E-state index is 0.119. The molecule has 6 heteroatoms. The van der Waals surface area contributed by atoms with Gasteiger partial charge < -0.3 is 5.32 Å². The summed E-state index contributed by atoms with van der Waals surface area (Å²) in [6.07, 6.45) is 1.53. The smallest absolute Gasteiger partial charge is 0.146 e. The van der Waals surface area contributed by atoms with Crippen molar-refractivity contribution in [3.05, 3.63) is 41.2 Å². The molecule has 1 aromatic carbocycles. The third-order valence-electron chi connectivity index (χ3n) is 2.60. The molecule has 1 N–H and O–H groups in total. The van der Waals surface area contributed by atoms with Gasteiger partial charge in [0.25, 0.3) is 0 Å². The predicted octanol–water partition coefficient (Wildman–Crippen LogP) is 3.34. The van der Waals surface area contributed by atoms with Gasteiger partial charge in [0.05, 0.1) is 11.6 Å². The molecule has 0 radical (unpaired) electrons. The summed E-state index contributed by atoms with van der Waals surface area (Å²) in [4.78, 5) is 4.19. The Morgan fingerprint density at radius 2 is 2.21 bits per heavy atom. The van der Waals surface area contributed by atoms with Gasteiger partial charge in [-0.25, -0.2) is 14.1 Å². The van der Waals surface area contributed by atoms with Crippen LogP contribution >= 0.6 is 11.6 Å². The quantitative estimate of drug-likeness (QED) is 0.915. The summed E-state index contributed by atoms with van der Waals surface area (Å²) in [5.74, 6) is 0.882. The Morgan fingerprint density at radius 1 is 1.42 bits per heavy atom. The molecule has 0 aliphatic heterocycles. The molecule has 4 nitrogen and oxygen atoms in total. The van der Waals surface area contributed by atoms with Crippen molar-refractivity contribution < 1.29 is 4.39 Å². The second kappa shape index (κ2) is 6.02. The van der Waals surface area contributed by atoms with Crippen LogP contribution in [0.4, 0.5) is 10.1 Å². The van der Waals surface area contributed by atoms with Crippen LogP contribution in [0.25, 0.3) is 0 Å². The molecule has 0 aliphatic rings.